The molecule has 0 aliphatic carbocycles. The first-order chi connectivity index (χ1) is 11.1. The zero-order valence-corrected chi connectivity index (χ0v) is 14.0. The molecule has 1 aromatic heterocycles. The molecule has 2 atom stereocenters. The fraction of sp³-hybridized carbons (Fsp3) is 0.400. The molecule has 0 aliphatic heterocycles. The first-order valence-electron chi connectivity index (χ1n) is 6.97. The number of rotatable bonds is 6. The van der Waals surface area contributed by atoms with Crippen LogP contribution in [0.2, 0.25) is 5.02 Å². The molecule has 2 aromatic rings. The van der Waals surface area contributed by atoms with Crippen LogP contribution in [-0.2, 0) is 15.3 Å². The van der Waals surface area contributed by atoms with E-state index in [2.05, 4.69) is 10.1 Å². The summed E-state index contributed by atoms with van der Waals surface area (Å²) in [5.74, 6) is -4.02. The van der Waals surface area contributed by atoms with Crippen LogP contribution in [0, 0.1) is 0 Å². The average Bonchev–Trinajstić information content (AvgIpc) is 3.01. The van der Waals surface area contributed by atoms with Crippen molar-refractivity contribution in [2.75, 3.05) is 0 Å². The predicted octanol–water partition coefficient (Wildman–Crippen LogP) is 3.27. The molecule has 0 N–H and O–H groups in total. The first-order valence-corrected chi connectivity index (χ1v) is 7.35. The number of nitrogens with zero attached hydrogens (tertiary/aromatic N) is 3. The van der Waals surface area contributed by atoms with Gasteiger partial charge in [-0.3, -0.25) is 4.79 Å². The molecular weight excluding hydrogens is 344 g/mol. The summed E-state index contributed by atoms with van der Waals surface area (Å²) in [6.07, 6.45) is 0.431. The van der Waals surface area contributed by atoms with Gasteiger partial charge in [0.25, 0.3) is 5.92 Å². The molecule has 0 bridgehead atoms. The molecule has 0 spiro atoms. The highest BCUT2D eigenvalue weighted by atomic mass is 35.5. The van der Waals surface area contributed by atoms with Gasteiger partial charge in [-0.2, -0.15) is 5.10 Å². The lowest BCUT2D eigenvalue weighted by molar-refractivity contribution is -0.224. The van der Waals surface area contributed by atoms with E-state index >= 15 is 0 Å². The molecule has 0 saturated carbocycles. The second kappa shape index (κ2) is 6.72. The van der Waals surface area contributed by atoms with Crippen molar-refractivity contribution in [2.45, 2.75) is 38.5 Å². The zero-order valence-electron chi connectivity index (χ0n) is 13.2. The quantitative estimate of drug-likeness (QED) is 0.740. The van der Waals surface area contributed by atoms with Crippen LogP contribution >= 0.6 is 11.6 Å². The number of carbonyl (C=O) groups excluding carboxylic acids is 1. The molecule has 0 radical (unpaired) electrons. The smallest absolute Gasteiger partial charge is 0.303 e. The van der Waals surface area contributed by atoms with Crippen LogP contribution in [0.1, 0.15) is 20.8 Å². The SMILES string of the molecule is CC(=O)OC(C(C)(F)F)C(C)(Oc1ccc(Cl)cc1)n1cncn1. The normalized spacial score (nSPS) is 15.4. The minimum absolute atomic E-state index is 0.249. The van der Waals surface area contributed by atoms with E-state index in [1.54, 1.807) is 12.1 Å². The maximum Gasteiger partial charge on any atom is 0.303 e. The van der Waals surface area contributed by atoms with Gasteiger partial charge >= 0.3 is 5.97 Å². The van der Waals surface area contributed by atoms with Crippen molar-refractivity contribution in [1.82, 2.24) is 14.8 Å². The molecule has 2 unspecified atom stereocenters. The largest absolute Gasteiger partial charge is 0.462 e. The lowest BCUT2D eigenvalue weighted by Crippen LogP contribution is -2.56. The van der Waals surface area contributed by atoms with Gasteiger partial charge in [0.05, 0.1) is 0 Å². The van der Waals surface area contributed by atoms with Gasteiger partial charge < -0.3 is 9.47 Å². The van der Waals surface area contributed by atoms with Crippen molar-refractivity contribution in [3.8, 4) is 5.75 Å². The van der Waals surface area contributed by atoms with Crippen LogP contribution in [0.25, 0.3) is 0 Å². The van der Waals surface area contributed by atoms with Gasteiger partial charge in [0.1, 0.15) is 18.4 Å². The summed E-state index contributed by atoms with van der Waals surface area (Å²) in [6, 6.07) is 6.11. The number of esters is 1. The Morgan fingerprint density at radius 3 is 2.38 bits per heavy atom. The van der Waals surface area contributed by atoms with E-state index in [0.717, 1.165) is 11.6 Å². The Bertz CT molecular complexity index is 689. The van der Waals surface area contributed by atoms with Crippen LogP contribution in [0.4, 0.5) is 8.78 Å². The molecule has 24 heavy (non-hydrogen) atoms. The Hall–Kier alpha value is -2.22. The fourth-order valence-corrected chi connectivity index (χ4v) is 2.37. The number of halogens is 3. The molecule has 9 heteroatoms. The number of hydrogen-bond donors (Lipinski definition) is 0. The molecule has 130 valence electrons. The van der Waals surface area contributed by atoms with E-state index in [1.165, 1.54) is 31.7 Å². The van der Waals surface area contributed by atoms with Crippen LogP contribution in [-0.4, -0.2) is 32.8 Å². The van der Waals surface area contributed by atoms with Gasteiger partial charge in [-0.1, -0.05) is 11.6 Å². The lowest BCUT2D eigenvalue weighted by Gasteiger charge is -2.39. The van der Waals surface area contributed by atoms with E-state index in [-0.39, 0.29) is 5.75 Å². The van der Waals surface area contributed by atoms with Gasteiger partial charge in [0.2, 0.25) is 11.8 Å². The Kier molecular flexibility index (Phi) is 5.08. The van der Waals surface area contributed by atoms with Gasteiger partial charge in [0.15, 0.2) is 0 Å². The second-order valence-corrected chi connectivity index (χ2v) is 5.83. The third kappa shape index (κ3) is 4.00. The molecule has 0 aliphatic rings. The summed E-state index contributed by atoms with van der Waals surface area (Å²) in [6.45, 7) is 3.02. The maximum absolute atomic E-state index is 14.2. The molecule has 6 nitrogen and oxygen atoms in total. The summed E-state index contributed by atoms with van der Waals surface area (Å²) in [7, 11) is 0. The van der Waals surface area contributed by atoms with Crippen LogP contribution in [0.5, 0.6) is 5.75 Å². The van der Waals surface area contributed by atoms with Crippen molar-refractivity contribution >= 4 is 17.6 Å². The summed E-state index contributed by atoms with van der Waals surface area (Å²) in [4.78, 5) is 15.1. The van der Waals surface area contributed by atoms with Crippen molar-refractivity contribution in [3.63, 3.8) is 0 Å². The average molecular weight is 360 g/mol. The maximum atomic E-state index is 14.2. The van der Waals surface area contributed by atoms with Gasteiger partial charge in [0, 0.05) is 25.8 Å². The number of hydrogen-bond acceptors (Lipinski definition) is 5. The molecule has 0 amide bonds. The molecule has 1 heterocycles. The summed E-state index contributed by atoms with van der Waals surface area (Å²) in [5.41, 5.74) is -1.84. The molecule has 2 rings (SSSR count). The van der Waals surface area contributed by atoms with Gasteiger partial charge in [-0.25, -0.2) is 18.4 Å². The van der Waals surface area contributed by atoms with Crippen molar-refractivity contribution in [2.24, 2.45) is 0 Å². The number of benzene rings is 1. The summed E-state index contributed by atoms with van der Waals surface area (Å²) >= 11 is 5.81. The van der Waals surface area contributed by atoms with Crippen LogP contribution in [0.3, 0.4) is 0 Å². The van der Waals surface area contributed by atoms with E-state index in [0.29, 0.717) is 11.9 Å². The highest BCUT2D eigenvalue weighted by molar-refractivity contribution is 6.30. The highest BCUT2D eigenvalue weighted by Gasteiger charge is 2.54. The molecular formula is C15H16ClF2N3O3. The van der Waals surface area contributed by atoms with Crippen LogP contribution < -0.4 is 4.74 Å². The summed E-state index contributed by atoms with van der Waals surface area (Å²) < 4.78 is 40.0. The van der Waals surface area contributed by atoms with Crippen molar-refractivity contribution < 1.29 is 23.0 Å². The first kappa shape index (κ1) is 18.1. The lowest BCUT2D eigenvalue weighted by atomic mass is 10.0. The number of carbonyl (C=O) groups is 1. The number of alkyl halides is 2. The Balaban J connectivity index is 2.49. The standard InChI is InChI=1S/C15H16ClF2N3O3/c1-10(22)23-13(14(2,17)18)15(3,21-9-19-8-20-21)24-12-6-4-11(16)5-7-12/h4-9,13H,1-3H3. The van der Waals surface area contributed by atoms with Crippen molar-refractivity contribution in [3.05, 3.63) is 41.9 Å². The Morgan fingerprint density at radius 1 is 1.29 bits per heavy atom. The minimum Gasteiger partial charge on any atom is -0.462 e. The zero-order chi connectivity index (χ0) is 18.0. The molecule has 0 fully saturated rings. The third-order valence-electron chi connectivity index (χ3n) is 3.24. The van der Waals surface area contributed by atoms with Gasteiger partial charge in [-0.15, -0.1) is 0 Å². The van der Waals surface area contributed by atoms with E-state index < -0.39 is 23.7 Å². The third-order valence-corrected chi connectivity index (χ3v) is 3.49. The van der Waals surface area contributed by atoms with Gasteiger partial charge in [-0.05, 0) is 24.3 Å². The molecule has 1 aromatic carbocycles. The number of ether oxygens (including phenoxy) is 2. The second-order valence-electron chi connectivity index (χ2n) is 5.40. The number of aromatic nitrogens is 3. The van der Waals surface area contributed by atoms with Crippen molar-refractivity contribution in [1.29, 1.82) is 0 Å². The molecule has 0 saturated heterocycles. The van der Waals surface area contributed by atoms with E-state index in [1.807, 2.05) is 0 Å². The Morgan fingerprint density at radius 2 is 1.92 bits per heavy atom. The van der Waals surface area contributed by atoms with E-state index in [9.17, 15) is 13.6 Å². The topological polar surface area (TPSA) is 66.2 Å². The summed E-state index contributed by atoms with van der Waals surface area (Å²) in [5, 5.41) is 4.33. The monoisotopic (exact) mass is 359 g/mol. The predicted molar refractivity (Wildman–Crippen MR) is 81.9 cm³/mol. The van der Waals surface area contributed by atoms with Crippen LogP contribution in [0.15, 0.2) is 36.9 Å². The van der Waals surface area contributed by atoms with E-state index in [4.69, 9.17) is 21.1 Å². The fourth-order valence-electron chi connectivity index (χ4n) is 2.25. The Labute approximate surface area is 142 Å². The minimum atomic E-state index is -3.40. The highest BCUT2D eigenvalue weighted by Crippen LogP contribution is 2.36.